The molecular formula is C13H20O. The van der Waals surface area contributed by atoms with Crippen LogP contribution >= 0.6 is 0 Å². The molecule has 1 aliphatic rings. The van der Waals surface area contributed by atoms with Crippen molar-refractivity contribution in [2.45, 2.75) is 40.5 Å². The van der Waals surface area contributed by atoms with Gasteiger partial charge in [0, 0.05) is 5.92 Å². The number of aldehydes is 1. The normalized spacial score (nSPS) is 27.0. The number of hydrogen-bond acceptors (Lipinski definition) is 1. The molecule has 78 valence electrons. The van der Waals surface area contributed by atoms with Gasteiger partial charge in [-0.25, -0.2) is 0 Å². The predicted molar refractivity (Wildman–Crippen MR) is 60.1 cm³/mol. The fourth-order valence-corrected chi connectivity index (χ4v) is 2.23. The molecule has 0 heterocycles. The van der Waals surface area contributed by atoms with E-state index in [2.05, 4.69) is 32.9 Å². The van der Waals surface area contributed by atoms with Crippen molar-refractivity contribution in [3.8, 4) is 0 Å². The Morgan fingerprint density at radius 2 is 2.21 bits per heavy atom. The Kier molecular flexibility index (Phi) is 3.30. The summed E-state index contributed by atoms with van der Waals surface area (Å²) in [5, 5.41) is 0. The summed E-state index contributed by atoms with van der Waals surface area (Å²) in [7, 11) is 0. The molecule has 1 rings (SSSR count). The molecule has 0 saturated carbocycles. The molecule has 0 N–H and O–H groups in total. The Bertz CT molecular complexity index is 282. The summed E-state index contributed by atoms with van der Waals surface area (Å²) in [6.45, 7) is 8.61. The fourth-order valence-electron chi connectivity index (χ4n) is 2.23. The zero-order valence-corrected chi connectivity index (χ0v) is 9.63. The maximum Gasteiger partial charge on any atom is 0.145 e. The Labute approximate surface area is 86.9 Å². The molecule has 1 heteroatoms. The average molecular weight is 192 g/mol. The standard InChI is InChI=1S/C13H20O/c1-10(9-14)8-12-11(2)6-5-7-13(12,3)4/h6,8-9,12H,5,7H2,1-4H3/b10-8+. The molecule has 14 heavy (non-hydrogen) atoms. The molecule has 0 aromatic heterocycles. The van der Waals surface area contributed by atoms with Gasteiger partial charge in [-0.05, 0) is 37.7 Å². The topological polar surface area (TPSA) is 17.1 Å². The molecule has 0 fully saturated rings. The van der Waals surface area contributed by atoms with Crippen LogP contribution in [0.1, 0.15) is 40.5 Å². The largest absolute Gasteiger partial charge is 0.298 e. The van der Waals surface area contributed by atoms with Gasteiger partial charge in [0.15, 0.2) is 0 Å². The Balaban J connectivity index is 2.97. The van der Waals surface area contributed by atoms with E-state index in [1.165, 1.54) is 18.4 Å². The van der Waals surface area contributed by atoms with Crippen molar-refractivity contribution in [1.29, 1.82) is 0 Å². The van der Waals surface area contributed by atoms with Gasteiger partial charge in [0.05, 0.1) is 0 Å². The van der Waals surface area contributed by atoms with Gasteiger partial charge < -0.3 is 0 Å². The number of carbonyl (C=O) groups is 1. The first-order chi connectivity index (χ1) is 6.47. The lowest BCUT2D eigenvalue weighted by atomic mass is 9.68. The minimum Gasteiger partial charge on any atom is -0.298 e. The lowest BCUT2D eigenvalue weighted by Gasteiger charge is -2.36. The van der Waals surface area contributed by atoms with E-state index < -0.39 is 0 Å². The number of rotatable bonds is 2. The molecule has 0 spiro atoms. The highest BCUT2D eigenvalue weighted by atomic mass is 16.1. The van der Waals surface area contributed by atoms with Crippen molar-refractivity contribution in [2.75, 3.05) is 0 Å². The molecule has 0 bridgehead atoms. The van der Waals surface area contributed by atoms with Crippen LogP contribution in [-0.4, -0.2) is 6.29 Å². The Morgan fingerprint density at radius 1 is 1.57 bits per heavy atom. The van der Waals surface area contributed by atoms with Crippen LogP contribution in [0, 0.1) is 11.3 Å². The van der Waals surface area contributed by atoms with E-state index in [0.29, 0.717) is 11.3 Å². The van der Waals surface area contributed by atoms with Gasteiger partial charge >= 0.3 is 0 Å². The van der Waals surface area contributed by atoms with E-state index in [-0.39, 0.29) is 0 Å². The number of allylic oxidation sites excluding steroid dienone is 4. The maximum atomic E-state index is 10.6. The minimum atomic E-state index is 0.295. The van der Waals surface area contributed by atoms with Crippen LogP contribution in [0.3, 0.4) is 0 Å². The summed E-state index contributed by atoms with van der Waals surface area (Å²) in [6.07, 6.45) is 7.72. The zero-order chi connectivity index (χ0) is 10.8. The van der Waals surface area contributed by atoms with Gasteiger partial charge in [0.25, 0.3) is 0 Å². The van der Waals surface area contributed by atoms with Crippen LogP contribution in [0.15, 0.2) is 23.3 Å². The second-order valence-electron chi connectivity index (χ2n) is 4.98. The van der Waals surface area contributed by atoms with E-state index in [1.54, 1.807) is 0 Å². The highest BCUT2D eigenvalue weighted by molar-refractivity contribution is 5.72. The smallest absolute Gasteiger partial charge is 0.145 e. The lowest BCUT2D eigenvalue weighted by molar-refractivity contribution is -0.104. The molecule has 1 unspecified atom stereocenters. The molecule has 1 nitrogen and oxygen atoms in total. The van der Waals surface area contributed by atoms with Gasteiger partial charge in [-0.1, -0.05) is 31.6 Å². The second-order valence-corrected chi connectivity index (χ2v) is 4.98. The third-order valence-electron chi connectivity index (χ3n) is 3.20. The monoisotopic (exact) mass is 192 g/mol. The molecule has 0 aromatic carbocycles. The lowest BCUT2D eigenvalue weighted by Crippen LogP contribution is -2.26. The van der Waals surface area contributed by atoms with Gasteiger partial charge in [-0.15, -0.1) is 0 Å². The van der Waals surface area contributed by atoms with Crippen molar-refractivity contribution in [3.05, 3.63) is 23.3 Å². The van der Waals surface area contributed by atoms with Crippen molar-refractivity contribution in [2.24, 2.45) is 11.3 Å². The maximum absolute atomic E-state index is 10.6. The van der Waals surface area contributed by atoms with Crippen LogP contribution in [0.2, 0.25) is 0 Å². The van der Waals surface area contributed by atoms with E-state index >= 15 is 0 Å². The number of hydrogen-bond donors (Lipinski definition) is 0. The van der Waals surface area contributed by atoms with Crippen molar-refractivity contribution in [3.63, 3.8) is 0 Å². The van der Waals surface area contributed by atoms with E-state index in [0.717, 1.165) is 11.9 Å². The Morgan fingerprint density at radius 3 is 2.71 bits per heavy atom. The van der Waals surface area contributed by atoms with Crippen molar-refractivity contribution < 1.29 is 4.79 Å². The molecule has 0 radical (unpaired) electrons. The summed E-state index contributed by atoms with van der Waals surface area (Å²) < 4.78 is 0. The highest BCUT2D eigenvalue weighted by Gasteiger charge is 2.30. The Hall–Kier alpha value is -0.850. The van der Waals surface area contributed by atoms with Crippen molar-refractivity contribution >= 4 is 6.29 Å². The highest BCUT2D eigenvalue weighted by Crippen LogP contribution is 2.41. The van der Waals surface area contributed by atoms with E-state index in [1.807, 2.05) is 6.92 Å². The molecule has 0 aliphatic heterocycles. The minimum absolute atomic E-state index is 0.295. The van der Waals surface area contributed by atoms with Crippen LogP contribution in [-0.2, 0) is 4.79 Å². The van der Waals surface area contributed by atoms with Crippen LogP contribution in [0.5, 0.6) is 0 Å². The summed E-state index contributed by atoms with van der Waals surface area (Å²) in [6, 6.07) is 0. The summed E-state index contributed by atoms with van der Waals surface area (Å²) in [4.78, 5) is 10.6. The molecular weight excluding hydrogens is 172 g/mol. The zero-order valence-electron chi connectivity index (χ0n) is 9.63. The number of carbonyl (C=O) groups excluding carboxylic acids is 1. The third-order valence-corrected chi connectivity index (χ3v) is 3.20. The van der Waals surface area contributed by atoms with E-state index in [9.17, 15) is 4.79 Å². The molecule has 1 aliphatic carbocycles. The van der Waals surface area contributed by atoms with Gasteiger partial charge in [0.2, 0.25) is 0 Å². The average Bonchev–Trinajstić information content (AvgIpc) is 2.11. The SMILES string of the molecule is CC1=CCCC(C)(C)C1/C=C(\C)C=O. The fraction of sp³-hybridized carbons (Fsp3) is 0.615. The summed E-state index contributed by atoms with van der Waals surface area (Å²) in [5.74, 6) is 0.432. The van der Waals surface area contributed by atoms with Gasteiger partial charge in [-0.2, -0.15) is 0 Å². The molecule has 0 aromatic rings. The first-order valence-electron chi connectivity index (χ1n) is 5.27. The summed E-state index contributed by atoms with van der Waals surface area (Å²) >= 11 is 0. The van der Waals surface area contributed by atoms with Gasteiger partial charge in [-0.3, -0.25) is 4.79 Å². The van der Waals surface area contributed by atoms with Crippen LogP contribution < -0.4 is 0 Å². The van der Waals surface area contributed by atoms with Gasteiger partial charge in [0.1, 0.15) is 6.29 Å². The predicted octanol–water partition coefficient (Wildman–Crippen LogP) is 3.51. The second kappa shape index (κ2) is 4.12. The van der Waals surface area contributed by atoms with Crippen LogP contribution in [0.25, 0.3) is 0 Å². The first kappa shape index (κ1) is 11.2. The summed E-state index contributed by atoms with van der Waals surface area (Å²) in [5.41, 5.74) is 2.54. The molecule has 1 atom stereocenters. The quantitative estimate of drug-likeness (QED) is 0.372. The molecule has 0 amide bonds. The van der Waals surface area contributed by atoms with Crippen molar-refractivity contribution in [1.82, 2.24) is 0 Å². The van der Waals surface area contributed by atoms with Crippen LogP contribution in [0.4, 0.5) is 0 Å². The third kappa shape index (κ3) is 2.34. The molecule has 0 saturated heterocycles. The first-order valence-corrected chi connectivity index (χ1v) is 5.27. The van der Waals surface area contributed by atoms with E-state index in [4.69, 9.17) is 0 Å².